The van der Waals surface area contributed by atoms with Gasteiger partial charge in [0.25, 0.3) is 11.8 Å². The van der Waals surface area contributed by atoms with E-state index in [0.717, 1.165) is 32.0 Å². The Hall–Kier alpha value is -6.19. The Bertz CT molecular complexity index is 2470. The standard InChI is InChI=1S/C20H13F9N2O2.C19H13F7N2O2S/c1-10-6-13(17(21,19(24,25)26)18(22,23)20(27,28)29)7-11(2)15(10)31-16(33)12-4-3-5-14(8-12)30-9-32;1-10-6-14(31-19(25,26)17(20,21)18(22,23)24)7-11(2)15(10)28-16(30)12-4-3-5-13(8-12)27-9-29/h3-8H,1-2H3,(H,31,33);3-8H,1-2H3,(H,28,30). The van der Waals surface area contributed by atoms with Crippen LogP contribution in [0.1, 0.15) is 48.5 Å². The van der Waals surface area contributed by atoms with Crippen molar-refractivity contribution in [2.75, 3.05) is 10.6 Å². The lowest BCUT2D eigenvalue weighted by molar-refractivity contribution is -0.389. The van der Waals surface area contributed by atoms with Crippen LogP contribution in [0, 0.1) is 27.7 Å². The van der Waals surface area contributed by atoms with Crippen molar-refractivity contribution in [3.05, 3.63) is 112 Å². The number of nitrogens with zero attached hydrogens (tertiary/aromatic N) is 2. The number of benzene rings is 4. The molecule has 1 atom stereocenters. The number of alkyl halides is 16. The third kappa shape index (κ3) is 10.9. The molecule has 0 heterocycles. The Labute approximate surface area is 353 Å². The van der Waals surface area contributed by atoms with Gasteiger partial charge in [0.2, 0.25) is 12.2 Å². The van der Waals surface area contributed by atoms with Crippen LogP contribution in [0.3, 0.4) is 0 Å². The van der Waals surface area contributed by atoms with Gasteiger partial charge in [-0.2, -0.15) is 75.8 Å². The first-order chi connectivity index (χ1) is 29.2. The molecule has 2 amide bonds. The van der Waals surface area contributed by atoms with Gasteiger partial charge in [-0.1, -0.05) is 24.3 Å². The summed E-state index contributed by atoms with van der Waals surface area (Å²) >= 11 is -0.926. The van der Waals surface area contributed by atoms with Crippen LogP contribution < -0.4 is 10.6 Å². The lowest BCUT2D eigenvalue weighted by Gasteiger charge is -2.36. The van der Waals surface area contributed by atoms with Crippen molar-refractivity contribution in [1.82, 2.24) is 0 Å². The van der Waals surface area contributed by atoms with Crippen molar-refractivity contribution in [3.63, 3.8) is 0 Å². The molecule has 25 heteroatoms. The van der Waals surface area contributed by atoms with E-state index in [-0.39, 0.29) is 57.1 Å². The van der Waals surface area contributed by atoms with Gasteiger partial charge in [0, 0.05) is 33.0 Å². The van der Waals surface area contributed by atoms with Crippen molar-refractivity contribution >= 4 is 58.5 Å². The number of amides is 2. The minimum atomic E-state index is -6.85. The highest BCUT2D eigenvalue weighted by Crippen LogP contribution is 2.59. The molecule has 0 fully saturated rings. The number of aryl methyl sites for hydroxylation is 4. The van der Waals surface area contributed by atoms with E-state index in [9.17, 15) is 89.4 Å². The number of carbonyl (C=O) groups is 2. The SMILES string of the molecule is Cc1cc(C(F)(C(F)(F)F)C(F)(F)C(F)(F)F)cc(C)c1NC(=O)c1cccc(N=C=O)c1.Cc1cc(SC(F)(F)C(F)(F)C(F)(F)F)cc(C)c1NC(=O)c1cccc(N=C=O)c1. The second-order valence-corrected chi connectivity index (χ2v) is 14.4. The number of carbonyl (C=O) groups excluding carboxylic acids is 4. The van der Waals surface area contributed by atoms with E-state index in [4.69, 9.17) is 0 Å². The quantitative estimate of drug-likeness (QED) is 0.0672. The molecule has 0 spiro atoms. The van der Waals surface area contributed by atoms with E-state index < -0.39 is 86.5 Å². The first-order valence-corrected chi connectivity index (χ1v) is 17.9. The highest BCUT2D eigenvalue weighted by molar-refractivity contribution is 8.00. The van der Waals surface area contributed by atoms with E-state index >= 15 is 0 Å². The third-order valence-corrected chi connectivity index (χ3v) is 9.61. The number of thioether (sulfide) groups is 1. The van der Waals surface area contributed by atoms with Gasteiger partial charge < -0.3 is 10.6 Å². The van der Waals surface area contributed by atoms with Crippen LogP contribution in [0.5, 0.6) is 0 Å². The Morgan fingerprint density at radius 3 is 1.20 bits per heavy atom. The summed E-state index contributed by atoms with van der Waals surface area (Å²) in [6.45, 7) is 4.70. The summed E-state index contributed by atoms with van der Waals surface area (Å²) in [7, 11) is 0. The largest absolute Gasteiger partial charge is 0.460 e. The molecule has 2 N–H and O–H groups in total. The van der Waals surface area contributed by atoms with Crippen molar-refractivity contribution in [1.29, 1.82) is 0 Å². The molecule has 0 aliphatic carbocycles. The molecule has 0 radical (unpaired) electrons. The lowest BCUT2D eigenvalue weighted by Crippen LogP contribution is -2.59. The highest BCUT2D eigenvalue weighted by Gasteiger charge is 2.82. The first kappa shape index (κ1) is 52.2. The molecule has 0 aliphatic heterocycles. The predicted molar refractivity (Wildman–Crippen MR) is 198 cm³/mol. The lowest BCUT2D eigenvalue weighted by atomic mass is 9.85. The second-order valence-electron chi connectivity index (χ2n) is 13.3. The Kier molecular flexibility index (Phi) is 15.4. The zero-order valence-electron chi connectivity index (χ0n) is 32.4. The molecule has 0 saturated carbocycles. The summed E-state index contributed by atoms with van der Waals surface area (Å²) in [6, 6.07) is 12.9. The number of anilines is 2. The number of hydrogen-bond acceptors (Lipinski definition) is 7. The fraction of sp³-hybridized carbons (Fsp3) is 0.282. The summed E-state index contributed by atoms with van der Waals surface area (Å²) in [5.74, 6) is -14.6. The van der Waals surface area contributed by atoms with Gasteiger partial charge in [0.15, 0.2) is 0 Å². The molecule has 64 heavy (non-hydrogen) atoms. The number of hydrogen-bond donors (Lipinski definition) is 2. The highest BCUT2D eigenvalue weighted by atomic mass is 32.2. The molecule has 4 aromatic carbocycles. The molecule has 0 bridgehead atoms. The predicted octanol–water partition coefficient (Wildman–Crippen LogP) is 12.9. The van der Waals surface area contributed by atoms with Crippen molar-refractivity contribution < 1.29 is 89.4 Å². The zero-order valence-corrected chi connectivity index (χ0v) is 33.2. The normalized spacial score (nSPS) is 13.3. The van der Waals surface area contributed by atoms with Gasteiger partial charge in [-0.05, 0) is 110 Å². The summed E-state index contributed by atoms with van der Waals surface area (Å²) in [5.41, 5.74) is -8.43. The van der Waals surface area contributed by atoms with Gasteiger partial charge in [0.1, 0.15) is 0 Å². The van der Waals surface area contributed by atoms with Gasteiger partial charge in [-0.3, -0.25) is 9.59 Å². The van der Waals surface area contributed by atoms with Crippen LogP contribution in [0.25, 0.3) is 0 Å². The molecule has 344 valence electrons. The minimum absolute atomic E-state index is 0.0446. The maximum Gasteiger partial charge on any atom is 0.460 e. The number of halogens is 16. The molecule has 0 saturated heterocycles. The number of rotatable bonds is 11. The molecule has 0 aliphatic rings. The number of aliphatic imine (C=N–C) groups is 2. The van der Waals surface area contributed by atoms with Crippen LogP contribution in [-0.2, 0) is 15.3 Å². The van der Waals surface area contributed by atoms with Crippen molar-refractivity contribution in [3.8, 4) is 0 Å². The number of nitrogens with one attached hydrogen (secondary N) is 2. The molecule has 4 aromatic rings. The Morgan fingerprint density at radius 1 is 0.516 bits per heavy atom. The average molecular weight is 951 g/mol. The molecule has 8 nitrogen and oxygen atoms in total. The van der Waals surface area contributed by atoms with E-state index in [1.807, 2.05) is 0 Å². The van der Waals surface area contributed by atoms with Crippen LogP contribution in [0.2, 0.25) is 0 Å². The molecular weight excluding hydrogens is 924 g/mol. The van der Waals surface area contributed by atoms with Gasteiger partial charge in [-0.25, -0.2) is 14.0 Å². The maximum atomic E-state index is 14.7. The van der Waals surface area contributed by atoms with Gasteiger partial charge in [0.05, 0.1) is 11.4 Å². The maximum absolute atomic E-state index is 14.7. The second kappa shape index (κ2) is 18.9. The minimum Gasteiger partial charge on any atom is -0.322 e. The molecule has 4 rings (SSSR count). The fourth-order valence-corrected chi connectivity index (χ4v) is 6.56. The van der Waals surface area contributed by atoms with Gasteiger partial charge in [-0.15, -0.1) is 0 Å². The topological polar surface area (TPSA) is 117 Å². The molecular formula is C39H26F16N4O4S. The summed E-state index contributed by atoms with van der Waals surface area (Å²) < 4.78 is 211. The fourth-order valence-electron chi connectivity index (χ4n) is 5.55. The van der Waals surface area contributed by atoms with E-state index in [2.05, 4.69) is 20.6 Å². The zero-order chi connectivity index (χ0) is 49.0. The Morgan fingerprint density at radius 2 is 0.875 bits per heavy atom. The van der Waals surface area contributed by atoms with Crippen LogP contribution in [-0.4, -0.2) is 59.6 Å². The molecule has 1 unspecified atom stereocenters. The first-order valence-electron chi connectivity index (χ1n) is 17.1. The third-order valence-electron chi connectivity index (χ3n) is 8.63. The van der Waals surface area contributed by atoms with E-state index in [1.165, 1.54) is 68.5 Å². The van der Waals surface area contributed by atoms with Crippen LogP contribution in [0.4, 0.5) is 93.0 Å². The Balaban J connectivity index is 0.000000341. The summed E-state index contributed by atoms with van der Waals surface area (Å²) in [5, 5.41) is -0.687. The number of isocyanates is 2. The average Bonchev–Trinajstić information content (AvgIpc) is 3.16. The van der Waals surface area contributed by atoms with E-state index in [0.29, 0.717) is 0 Å². The van der Waals surface area contributed by atoms with E-state index in [1.54, 1.807) is 0 Å². The molecule has 0 aromatic heterocycles. The van der Waals surface area contributed by atoms with Gasteiger partial charge >= 0.3 is 41.3 Å². The smallest absolute Gasteiger partial charge is 0.322 e. The monoisotopic (exact) mass is 950 g/mol. The summed E-state index contributed by atoms with van der Waals surface area (Å²) in [6.07, 6.45) is -17.3. The van der Waals surface area contributed by atoms with Crippen LogP contribution in [0.15, 0.2) is 87.7 Å². The van der Waals surface area contributed by atoms with Crippen molar-refractivity contribution in [2.45, 2.75) is 73.9 Å². The van der Waals surface area contributed by atoms with Crippen LogP contribution >= 0.6 is 11.8 Å². The van der Waals surface area contributed by atoms with Crippen molar-refractivity contribution in [2.24, 2.45) is 9.98 Å². The summed E-state index contributed by atoms with van der Waals surface area (Å²) in [4.78, 5) is 51.7.